The molecule has 0 saturated carbocycles. The smallest absolute Gasteiger partial charge is 0.440 e. The molecule has 0 aromatic rings. The fraction of sp³-hybridized carbons (Fsp3) is 0.571. The first kappa shape index (κ1) is 8.96. The van der Waals surface area contributed by atoms with Crippen molar-refractivity contribution in [3.05, 3.63) is 0 Å². The van der Waals surface area contributed by atoms with Crippen LogP contribution in [0.15, 0.2) is 0 Å². The van der Waals surface area contributed by atoms with Crippen molar-refractivity contribution in [1.29, 1.82) is 0 Å². The van der Waals surface area contributed by atoms with Gasteiger partial charge in [-0.05, 0) is 12.8 Å². The average Bonchev–Trinajstić information content (AvgIpc) is 1.87. The Morgan fingerprint density at radius 3 is 2.80 bits per heavy atom. The fourth-order valence-electron chi connectivity index (χ4n) is 0.482. The zero-order valence-corrected chi connectivity index (χ0v) is 5.60. The monoisotopic (exact) mass is 144 g/mol. The maximum atomic E-state index is 11.3. The van der Waals surface area contributed by atoms with Gasteiger partial charge in [-0.3, -0.25) is 0 Å². The lowest BCUT2D eigenvalue weighted by Crippen LogP contribution is -1.96. The number of rotatable bonds is 4. The van der Waals surface area contributed by atoms with E-state index >= 15 is 0 Å². The molecule has 0 aromatic heterocycles. The fourth-order valence-corrected chi connectivity index (χ4v) is 0.482. The highest BCUT2D eigenvalue weighted by atomic mass is 19.1. The van der Waals surface area contributed by atoms with E-state index in [1.54, 1.807) is 0 Å². The Kier molecular flexibility index (Phi) is 5.45. The van der Waals surface area contributed by atoms with Crippen molar-refractivity contribution >= 4 is 6.22 Å². The number of ether oxygens (including phenoxy) is 1. The third-order valence-electron chi connectivity index (χ3n) is 0.931. The van der Waals surface area contributed by atoms with Gasteiger partial charge in [-0.15, -0.1) is 16.7 Å². The molecule has 0 N–H and O–H groups in total. The van der Waals surface area contributed by atoms with Crippen LogP contribution in [-0.4, -0.2) is 12.8 Å². The van der Waals surface area contributed by atoms with Crippen LogP contribution in [0.3, 0.4) is 0 Å². The first-order valence-electron chi connectivity index (χ1n) is 3.03. The van der Waals surface area contributed by atoms with E-state index in [-0.39, 0.29) is 6.61 Å². The molecule has 0 aromatic carbocycles. The third kappa shape index (κ3) is 6.96. The van der Waals surface area contributed by atoms with Crippen LogP contribution >= 0.6 is 0 Å². The number of hydrogen-bond acceptors (Lipinski definition) is 2. The molecule has 0 fully saturated rings. The summed E-state index contributed by atoms with van der Waals surface area (Å²) in [6.45, 7) is 0.122. The predicted molar refractivity (Wildman–Crippen MR) is 35.1 cm³/mol. The lowest BCUT2D eigenvalue weighted by atomic mass is 10.2. The van der Waals surface area contributed by atoms with Crippen LogP contribution in [-0.2, 0) is 4.74 Å². The molecule has 56 valence electrons. The Bertz CT molecular complexity index is 137. The van der Waals surface area contributed by atoms with E-state index in [9.17, 15) is 9.18 Å². The minimum atomic E-state index is -1.72. The molecule has 10 heavy (non-hydrogen) atoms. The Morgan fingerprint density at radius 1 is 1.60 bits per heavy atom. The molecule has 0 spiro atoms. The Hall–Kier alpha value is -1.04. The molecule has 0 aliphatic carbocycles. The summed E-state index contributed by atoms with van der Waals surface area (Å²) in [6.07, 6.45) is 5.25. The van der Waals surface area contributed by atoms with Gasteiger partial charge in [0.2, 0.25) is 0 Å². The predicted octanol–water partition coefficient (Wildman–Crippen LogP) is 1.90. The maximum Gasteiger partial charge on any atom is 0.495 e. The summed E-state index contributed by atoms with van der Waals surface area (Å²) in [6, 6.07) is 0. The number of unbranched alkanes of at least 4 members (excludes halogenated alkanes) is 2. The van der Waals surface area contributed by atoms with E-state index < -0.39 is 6.22 Å². The Morgan fingerprint density at radius 2 is 2.30 bits per heavy atom. The van der Waals surface area contributed by atoms with Crippen molar-refractivity contribution in [3.63, 3.8) is 0 Å². The molecule has 0 rings (SSSR count). The normalized spacial score (nSPS) is 8.40. The molecular weight excluding hydrogens is 135 g/mol. The minimum Gasteiger partial charge on any atom is -0.440 e. The van der Waals surface area contributed by atoms with Crippen molar-refractivity contribution in [2.75, 3.05) is 6.61 Å². The summed E-state index contributed by atoms with van der Waals surface area (Å²) in [7, 11) is 0. The van der Waals surface area contributed by atoms with Crippen molar-refractivity contribution in [1.82, 2.24) is 0 Å². The highest BCUT2D eigenvalue weighted by Crippen LogP contribution is 1.94. The molecular formula is C7H9FO2. The number of halogens is 1. The lowest BCUT2D eigenvalue weighted by molar-refractivity contribution is 0.119. The zero-order valence-electron chi connectivity index (χ0n) is 5.60. The van der Waals surface area contributed by atoms with E-state index in [4.69, 9.17) is 6.42 Å². The molecule has 0 amide bonds. The van der Waals surface area contributed by atoms with Crippen LogP contribution in [0.2, 0.25) is 0 Å². The van der Waals surface area contributed by atoms with Gasteiger partial charge in [0.05, 0.1) is 6.61 Å². The largest absolute Gasteiger partial charge is 0.495 e. The highest BCUT2D eigenvalue weighted by molar-refractivity contribution is 5.57. The molecule has 0 aliphatic heterocycles. The molecule has 3 heteroatoms. The molecule has 0 heterocycles. The van der Waals surface area contributed by atoms with Gasteiger partial charge in [0.25, 0.3) is 0 Å². The van der Waals surface area contributed by atoms with Crippen molar-refractivity contribution in [3.8, 4) is 12.3 Å². The first-order chi connectivity index (χ1) is 4.77. The second-order valence-electron chi connectivity index (χ2n) is 1.75. The topological polar surface area (TPSA) is 26.3 Å². The minimum absolute atomic E-state index is 0.122. The van der Waals surface area contributed by atoms with Gasteiger partial charge in [-0.25, -0.2) is 4.79 Å². The van der Waals surface area contributed by atoms with Crippen LogP contribution in [0.4, 0.5) is 9.18 Å². The van der Waals surface area contributed by atoms with Crippen molar-refractivity contribution < 1.29 is 13.9 Å². The molecule has 0 radical (unpaired) electrons. The summed E-state index contributed by atoms with van der Waals surface area (Å²) < 4.78 is 15.3. The molecule has 0 saturated heterocycles. The van der Waals surface area contributed by atoms with E-state index in [0.29, 0.717) is 12.8 Å². The van der Waals surface area contributed by atoms with Gasteiger partial charge >= 0.3 is 6.22 Å². The third-order valence-corrected chi connectivity index (χ3v) is 0.931. The van der Waals surface area contributed by atoms with Gasteiger partial charge in [0.15, 0.2) is 0 Å². The van der Waals surface area contributed by atoms with Crippen LogP contribution in [0, 0.1) is 12.3 Å². The summed E-state index contributed by atoms with van der Waals surface area (Å²) in [5.41, 5.74) is 0. The van der Waals surface area contributed by atoms with Gasteiger partial charge in [-0.1, -0.05) is 0 Å². The first-order valence-corrected chi connectivity index (χ1v) is 3.03. The summed E-state index contributed by atoms with van der Waals surface area (Å²) in [5, 5.41) is 0. The molecule has 0 unspecified atom stereocenters. The maximum absolute atomic E-state index is 11.3. The Labute approximate surface area is 59.4 Å². The number of hydrogen-bond donors (Lipinski definition) is 0. The number of carbonyl (C=O) groups is 1. The molecule has 0 atom stereocenters. The zero-order chi connectivity index (χ0) is 7.82. The Balaban J connectivity index is 2.92. The van der Waals surface area contributed by atoms with Crippen molar-refractivity contribution in [2.24, 2.45) is 0 Å². The standard InChI is InChI=1S/C7H9FO2/c1-2-3-4-5-6-10-7(8)9/h1H,3-6H2. The lowest BCUT2D eigenvalue weighted by Gasteiger charge is -1.95. The average molecular weight is 144 g/mol. The SMILES string of the molecule is C#CCCCCOC(=O)F. The van der Waals surface area contributed by atoms with E-state index in [0.717, 1.165) is 6.42 Å². The molecule has 0 aliphatic rings. The number of carbonyl (C=O) groups excluding carboxylic acids is 1. The van der Waals surface area contributed by atoms with Gasteiger partial charge in [-0.2, -0.15) is 0 Å². The second-order valence-corrected chi connectivity index (χ2v) is 1.75. The van der Waals surface area contributed by atoms with Crippen LogP contribution in [0.1, 0.15) is 19.3 Å². The second kappa shape index (κ2) is 6.09. The quantitative estimate of drug-likeness (QED) is 0.342. The molecule has 2 nitrogen and oxygen atoms in total. The summed E-state index contributed by atoms with van der Waals surface area (Å²) in [5.74, 6) is 2.42. The van der Waals surface area contributed by atoms with Crippen molar-refractivity contribution in [2.45, 2.75) is 19.3 Å². The van der Waals surface area contributed by atoms with Gasteiger partial charge < -0.3 is 4.74 Å². The molecule has 0 bridgehead atoms. The number of terminal acetylenes is 1. The van der Waals surface area contributed by atoms with Crippen LogP contribution < -0.4 is 0 Å². The highest BCUT2D eigenvalue weighted by Gasteiger charge is 1.95. The van der Waals surface area contributed by atoms with E-state index in [1.807, 2.05) is 0 Å². The van der Waals surface area contributed by atoms with E-state index in [2.05, 4.69) is 10.7 Å². The van der Waals surface area contributed by atoms with Crippen LogP contribution in [0.25, 0.3) is 0 Å². The van der Waals surface area contributed by atoms with E-state index in [1.165, 1.54) is 0 Å². The van der Waals surface area contributed by atoms with Gasteiger partial charge in [0, 0.05) is 6.42 Å². The van der Waals surface area contributed by atoms with Gasteiger partial charge in [0.1, 0.15) is 0 Å². The summed E-state index contributed by atoms with van der Waals surface area (Å²) >= 11 is 0. The van der Waals surface area contributed by atoms with Crippen LogP contribution in [0.5, 0.6) is 0 Å². The summed E-state index contributed by atoms with van der Waals surface area (Å²) in [4.78, 5) is 9.55.